The predicted molar refractivity (Wildman–Crippen MR) is 124 cm³/mol. The lowest BCUT2D eigenvalue weighted by molar-refractivity contribution is -0.139. The van der Waals surface area contributed by atoms with E-state index >= 15 is 0 Å². The number of nitrogens with one attached hydrogen (secondary N) is 2. The number of anilines is 1. The topological polar surface area (TPSA) is 98.8 Å². The molecule has 174 valence electrons. The summed E-state index contributed by atoms with van der Waals surface area (Å²) in [5, 5.41) is 7.10. The van der Waals surface area contributed by atoms with E-state index in [0.29, 0.717) is 5.56 Å². The van der Waals surface area contributed by atoms with Crippen LogP contribution < -0.4 is 10.6 Å². The van der Waals surface area contributed by atoms with Crippen molar-refractivity contribution >= 4 is 40.2 Å². The molecule has 1 saturated heterocycles. The summed E-state index contributed by atoms with van der Waals surface area (Å²) in [6, 6.07) is 17.8. The molecule has 9 heteroatoms. The third-order valence-corrected chi connectivity index (χ3v) is 5.81. The van der Waals surface area contributed by atoms with Crippen molar-refractivity contribution in [3.63, 3.8) is 0 Å². The molecule has 4 rings (SSSR count). The van der Waals surface area contributed by atoms with E-state index in [2.05, 4.69) is 10.6 Å². The normalized spacial score (nSPS) is 17.6. The highest BCUT2D eigenvalue weighted by Crippen LogP contribution is 2.31. The Morgan fingerprint density at radius 3 is 2.50 bits per heavy atom. The first-order valence-electron chi connectivity index (χ1n) is 10.6. The van der Waals surface area contributed by atoms with Crippen LogP contribution in [0, 0.1) is 5.82 Å². The molecule has 1 fully saturated rings. The Balaban J connectivity index is 1.42. The summed E-state index contributed by atoms with van der Waals surface area (Å²) in [5.74, 6) is -2.20. The van der Waals surface area contributed by atoms with Crippen molar-refractivity contribution in [2.24, 2.45) is 0 Å². The maximum atomic E-state index is 13.3. The second kappa shape index (κ2) is 8.93. The van der Waals surface area contributed by atoms with Crippen molar-refractivity contribution < 1.29 is 23.6 Å². The first-order valence-corrected chi connectivity index (χ1v) is 10.6. The van der Waals surface area contributed by atoms with E-state index in [-0.39, 0.29) is 12.2 Å². The van der Waals surface area contributed by atoms with Gasteiger partial charge in [0.2, 0.25) is 11.8 Å². The van der Waals surface area contributed by atoms with Crippen molar-refractivity contribution in [2.75, 3.05) is 25.5 Å². The van der Waals surface area contributed by atoms with Crippen LogP contribution in [-0.2, 0) is 19.9 Å². The predicted octanol–water partition coefficient (Wildman–Crippen LogP) is 2.84. The number of imide groups is 1. The first-order chi connectivity index (χ1) is 16.2. The van der Waals surface area contributed by atoms with E-state index in [1.165, 1.54) is 25.2 Å². The fraction of sp³-hybridized carbons (Fsp3) is 0.200. The van der Waals surface area contributed by atoms with E-state index in [9.17, 15) is 23.6 Å². The number of urea groups is 1. The maximum absolute atomic E-state index is 13.3. The summed E-state index contributed by atoms with van der Waals surface area (Å²) < 4.78 is 13.3. The number of amides is 5. The van der Waals surface area contributed by atoms with Crippen LogP contribution in [-0.4, -0.2) is 53.7 Å². The van der Waals surface area contributed by atoms with Gasteiger partial charge in [-0.2, -0.15) is 0 Å². The lowest BCUT2D eigenvalue weighted by Gasteiger charge is -2.23. The fourth-order valence-corrected chi connectivity index (χ4v) is 3.86. The van der Waals surface area contributed by atoms with Gasteiger partial charge < -0.3 is 15.5 Å². The number of rotatable bonds is 6. The largest absolute Gasteiger partial charge is 0.335 e. The van der Waals surface area contributed by atoms with Crippen LogP contribution in [0.1, 0.15) is 12.5 Å². The molecule has 0 aliphatic carbocycles. The number of nitrogens with zero attached hydrogens (tertiary/aromatic N) is 2. The Labute approximate surface area is 195 Å². The number of halogens is 1. The number of likely N-dealkylation sites (N-methyl/N-ethyl adjacent to an activating group) is 1. The van der Waals surface area contributed by atoms with Crippen LogP contribution in [0.3, 0.4) is 0 Å². The smallest absolute Gasteiger partial charge is 0.325 e. The van der Waals surface area contributed by atoms with Crippen LogP contribution >= 0.6 is 0 Å². The monoisotopic (exact) mass is 462 g/mol. The van der Waals surface area contributed by atoms with E-state index in [4.69, 9.17) is 0 Å². The summed E-state index contributed by atoms with van der Waals surface area (Å²) in [6.07, 6.45) is 0. The average molecular weight is 462 g/mol. The van der Waals surface area contributed by atoms with Crippen LogP contribution in [0.2, 0.25) is 0 Å². The van der Waals surface area contributed by atoms with E-state index in [1.807, 2.05) is 36.4 Å². The molecule has 0 unspecified atom stereocenters. The Kier molecular flexibility index (Phi) is 6.02. The summed E-state index contributed by atoms with van der Waals surface area (Å²) in [4.78, 5) is 52.6. The third-order valence-electron chi connectivity index (χ3n) is 5.81. The van der Waals surface area contributed by atoms with Gasteiger partial charge in [0, 0.05) is 12.7 Å². The van der Waals surface area contributed by atoms with Crippen LogP contribution in [0.5, 0.6) is 0 Å². The summed E-state index contributed by atoms with van der Waals surface area (Å²) in [6.45, 7) is 0.747. The molecule has 0 spiro atoms. The van der Waals surface area contributed by atoms with Crippen molar-refractivity contribution in [2.45, 2.75) is 12.5 Å². The number of hydrogen-bond donors (Lipinski definition) is 2. The Morgan fingerprint density at radius 2 is 1.76 bits per heavy atom. The lowest BCUT2D eigenvalue weighted by atomic mass is 9.90. The van der Waals surface area contributed by atoms with Gasteiger partial charge in [0.25, 0.3) is 5.91 Å². The Hall–Kier alpha value is -4.27. The molecule has 0 aromatic heterocycles. The number of carbonyl (C=O) groups excluding carboxylic acids is 4. The minimum Gasteiger partial charge on any atom is -0.335 e. The minimum atomic E-state index is -1.32. The van der Waals surface area contributed by atoms with Crippen molar-refractivity contribution in [3.8, 4) is 0 Å². The molecule has 3 aromatic rings. The molecule has 5 amide bonds. The van der Waals surface area contributed by atoms with Gasteiger partial charge in [0.15, 0.2) is 0 Å². The number of hydrogen-bond acceptors (Lipinski definition) is 4. The minimum absolute atomic E-state index is 0.256. The summed E-state index contributed by atoms with van der Waals surface area (Å²) in [7, 11) is 1.38. The van der Waals surface area contributed by atoms with Crippen LogP contribution in [0.4, 0.5) is 14.9 Å². The molecule has 8 nitrogen and oxygen atoms in total. The van der Waals surface area contributed by atoms with Gasteiger partial charge in [-0.15, -0.1) is 0 Å². The third kappa shape index (κ3) is 4.45. The molecule has 34 heavy (non-hydrogen) atoms. The second-order valence-electron chi connectivity index (χ2n) is 8.32. The summed E-state index contributed by atoms with van der Waals surface area (Å²) in [5.41, 5.74) is -0.470. The molecule has 0 bridgehead atoms. The van der Waals surface area contributed by atoms with Crippen molar-refractivity contribution in [3.05, 3.63) is 78.1 Å². The zero-order chi connectivity index (χ0) is 24.5. The molecule has 1 atom stereocenters. The quantitative estimate of drug-likeness (QED) is 0.551. The van der Waals surface area contributed by atoms with Gasteiger partial charge in [0.1, 0.15) is 17.9 Å². The fourth-order valence-electron chi connectivity index (χ4n) is 3.86. The van der Waals surface area contributed by atoms with Crippen molar-refractivity contribution in [1.29, 1.82) is 0 Å². The molecule has 0 radical (unpaired) electrons. The van der Waals surface area contributed by atoms with Gasteiger partial charge in [-0.1, -0.05) is 42.5 Å². The molecule has 0 saturated carbocycles. The molecule has 1 heterocycles. The second-order valence-corrected chi connectivity index (χ2v) is 8.32. The molecule has 1 aliphatic heterocycles. The van der Waals surface area contributed by atoms with E-state index < -0.39 is 41.7 Å². The highest BCUT2D eigenvalue weighted by molar-refractivity contribution is 6.09. The number of carbonyl (C=O) groups is 4. The first kappa shape index (κ1) is 22.9. The van der Waals surface area contributed by atoms with Gasteiger partial charge in [-0.25, -0.2) is 9.18 Å². The Morgan fingerprint density at radius 1 is 1.03 bits per heavy atom. The zero-order valence-corrected chi connectivity index (χ0v) is 18.7. The van der Waals surface area contributed by atoms with Gasteiger partial charge in [-0.05, 0) is 47.5 Å². The molecule has 2 N–H and O–H groups in total. The number of fused-ring (bicyclic) bond motifs is 1. The zero-order valence-electron chi connectivity index (χ0n) is 18.7. The van der Waals surface area contributed by atoms with Gasteiger partial charge in [-0.3, -0.25) is 19.3 Å². The van der Waals surface area contributed by atoms with Crippen LogP contribution in [0.25, 0.3) is 10.8 Å². The van der Waals surface area contributed by atoms with E-state index in [1.54, 1.807) is 13.0 Å². The van der Waals surface area contributed by atoms with Gasteiger partial charge in [0.05, 0.1) is 6.54 Å². The van der Waals surface area contributed by atoms with Crippen molar-refractivity contribution in [1.82, 2.24) is 15.1 Å². The highest BCUT2D eigenvalue weighted by Gasteiger charge is 2.49. The Bertz CT molecular complexity index is 1310. The standard InChI is InChI=1S/C25H23FN4O4/c1-25(18-11-10-16-6-3-4-7-17(16)12-18)23(33)30(24(34)28-25)15-22(32)29(2)14-21(31)27-20-9-5-8-19(26)13-20/h3-13H,14-15H2,1-2H3,(H,27,31)(H,28,34)/t25-/m0/s1. The summed E-state index contributed by atoms with van der Waals surface area (Å²) >= 11 is 0. The molecule has 1 aliphatic rings. The maximum Gasteiger partial charge on any atom is 0.325 e. The van der Waals surface area contributed by atoms with E-state index in [0.717, 1.165) is 26.6 Å². The molecular weight excluding hydrogens is 439 g/mol. The number of benzene rings is 3. The molecule has 3 aromatic carbocycles. The lowest BCUT2D eigenvalue weighted by Crippen LogP contribution is -2.45. The molecular formula is C25H23FN4O4. The van der Waals surface area contributed by atoms with Crippen LogP contribution in [0.15, 0.2) is 66.7 Å². The van der Waals surface area contributed by atoms with Gasteiger partial charge >= 0.3 is 6.03 Å². The highest BCUT2D eigenvalue weighted by atomic mass is 19.1. The average Bonchev–Trinajstić information content (AvgIpc) is 3.02. The SMILES string of the molecule is CN(CC(=O)Nc1cccc(F)c1)C(=O)CN1C(=O)N[C@@](C)(c2ccc3ccccc3c2)C1=O.